The van der Waals surface area contributed by atoms with Crippen LogP contribution in [-0.2, 0) is 9.53 Å². The second-order valence-electron chi connectivity index (χ2n) is 7.87. The van der Waals surface area contributed by atoms with Crippen molar-refractivity contribution in [2.45, 2.75) is 71.6 Å². The lowest BCUT2D eigenvalue weighted by atomic mass is 9.87. The molecule has 0 spiro atoms. The quantitative estimate of drug-likeness (QED) is 0.755. The normalized spacial score (nSPS) is 21.0. The van der Waals surface area contributed by atoms with Crippen LogP contribution in [0.5, 0.6) is 5.75 Å². The molecule has 2 rings (SSSR count). The SMILES string of the molecule is CCC(=O)N([C@H]1CCOC(C)(C)C1)[C@H](c1ccc(OC)cc1)C(C)C. The predicted octanol–water partition coefficient (Wildman–Crippen LogP) is 4.59. The Bertz CT molecular complexity index is 565. The Hall–Kier alpha value is -1.55. The highest BCUT2D eigenvalue weighted by Gasteiger charge is 2.38. The van der Waals surface area contributed by atoms with Crippen LogP contribution in [0.25, 0.3) is 0 Å². The van der Waals surface area contributed by atoms with Crippen molar-refractivity contribution in [3.05, 3.63) is 29.8 Å². The minimum absolute atomic E-state index is 0.0669. The van der Waals surface area contributed by atoms with Gasteiger partial charge in [-0.2, -0.15) is 0 Å². The maximum atomic E-state index is 12.9. The van der Waals surface area contributed by atoms with Crippen LogP contribution < -0.4 is 4.74 Å². The number of carbonyl (C=O) groups is 1. The lowest BCUT2D eigenvalue weighted by molar-refractivity contribution is -0.145. The van der Waals surface area contributed by atoms with Gasteiger partial charge in [-0.25, -0.2) is 0 Å². The molecule has 1 fully saturated rings. The number of methoxy groups -OCH3 is 1. The Labute approximate surface area is 152 Å². The van der Waals surface area contributed by atoms with Crippen molar-refractivity contribution in [2.75, 3.05) is 13.7 Å². The first kappa shape index (κ1) is 19.8. The number of benzene rings is 1. The highest BCUT2D eigenvalue weighted by Crippen LogP contribution is 2.37. The molecule has 1 heterocycles. The predicted molar refractivity (Wildman–Crippen MR) is 101 cm³/mol. The summed E-state index contributed by atoms with van der Waals surface area (Å²) in [5.41, 5.74) is 0.985. The first-order valence-corrected chi connectivity index (χ1v) is 9.38. The van der Waals surface area contributed by atoms with Crippen molar-refractivity contribution < 1.29 is 14.3 Å². The van der Waals surface area contributed by atoms with Gasteiger partial charge in [0.15, 0.2) is 0 Å². The maximum absolute atomic E-state index is 12.9. The zero-order valence-electron chi connectivity index (χ0n) is 16.5. The molecule has 25 heavy (non-hydrogen) atoms. The molecule has 0 aliphatic carbocycles. The summed E-state index contributed by atoms with van der Waals surface area (Å²) < 4.78 is 11.2. The number of hydrogen-bond acceptors (Lipinski definition) is 3. The summed E-state index contributed by atoms with van der Waals surface area (Å²) in [5, 5.41) is 0. The van der Waals surface area contributed by atoms with Crippen LogP contribution in [0.2, 0.25) is 0 Å². The largest absolute Gasteiger partial charge is 0.497 e. The Morgan fingerprint density at radius 3 is 2.44 bits per heavy atom. The molecular formula is C21H33NO3. The number of carbonyl (C=O) groups excluding carboxylic acids is 1. The second-order valence-corrected chi connectivity index (χ2v) is 7.87. The van der Waals surface area contributed by atoms with Crippen LogP contribution in [0.15, 0.2) is 24.3 Å². The maximum Gasteiger partial charge on any atom is 0.223 e. The summed E-state index contributed by atoms with van der Waals surface area (Å²) in [5.74, 6) is 1.39. The minimum Gasteiger partial charge on any atom is -0.497 e. The van der Waals surface area contributed by atoms with Crippen LogP contribution in [0.3, 0.4) is 0 Å². The van der Waals surface area contributed by atoms with E-state index >= 15 is 0 Å². The molecule has 1 aliphatic rings. The summed E-state index contributed by atoms with van der Waals surface area (Å²) in [6.45, 7) is 11.3. The van der Waals surface area contributed by atoms with Gasteiger partial charge in [0.25, 0.3) is 0 Å². The van der Waals surface area contributed by atoms with Gasteiger partial charge in [-0.3, -0.25) is 4.79 Å². The fraction of sp³-hybridized carbons (Fsp3) is 0.667. The molecule has 140 valence electrons. The van der Waals surface area contributed by atoms with Gasteiger partial charge in [0.2, 0.25) is 5.91 Å². The van der Waals surface area contributed by atoms with Crippen molar-refractivity contribution in [2.24, 2.45) is 5.92 Å². The molecule has 0 saturated carbocycles. The molecule has 4 heteroatoms. The average molecular weight is 347 g/mol. The number of ether oxygens (including phenoxy) is 2. The molecule has 1 aromatic rings. The van der Waals surface area contributed by atoms with E-state index in [0.29, 0.717) is 18.9 Å². The van der Waals surface area contributed by atoms with E-state index in [4.69, 9.17) is 9.47 Å². The molecule has 1 amide bonds. The fourth-order valence-electron chi connectivity index (χ4n) is 3.87. The average Bonchev–Trinajstić information content (AvgIpc) is 2.57. The van der Waals surface area contributed by atoms with Crippen molar-refractivity contribution in [3.63, 3.8) is 0 Å². The van der Waals surface area contributed by atoms with E-state index in [9.17, 15) is 4.79 Å². The van der Waals surface area contributed by atoms with Crippen LogP contribution in [-0.4, -0.2) is 36.2 Å². The van der Waals surface area contributed by atoms with E-state index in [1.807, 2.05) is 19.1 Å². The monoisotopic (exact) mass is 347 g/mol. The smallest absolute Gasteiger partial charge is 0.223 e. The summed E-state index contributed by atoms with van der Waals surface area (Å²) in [6.07, 6.45) is 2.30. The van der Waals surface area contributed by atoms with E-state index in [1.54, 1.807) is 7.11 Å². The van der Waals surface area contributed by atoms with E-state index in [-0.39, 0.29) is 23.6 Å². The molecule has 4 nitrogen and oxygen atoms in total. The van der Waals surface area contributed by atoms with Gasteiger partial charge in [0.05, 0.1) is 18.8 Å². The third kappa shape index (κ3) is 4.75. The minimum atomic E-state index is -0.184. The first-order chi connectivity index (χ1) is 11.8. The number of hydrogen-bond donors (Lipinski definition) is 0. The van der Waals surface area contributed by atoms with Gasteiger partial charge in [-0.15, -0.1) is 0 Å². The van der Waals surface area contributed by atoms with Crippen LogP contribution in [0.1, 0.15) is 65.5 Å². The summed E-state index contributed by atoms with van der Waals surface area (Å²) in [7, 11) is 1.67. The lowest BCUT2D eigenvalue weighted by Crippen LogP contribution is -2.50. The topological polar surface area (TPSA) is 38.8 Å². The Balaban J connectivity index is 2.38. The van der Waals surface area contributed by atoms with Gasteiger partial charge in [0, 0.05) is 19.1 Å². The molecule has 0 aromatic heterocycles. The third-order valence-electron chi connectivity index (χ3n) is 5.04. The van der Waals surface area contributed by atoms with Crippen molar-refractivity contribution in [1.82, 2.24) is 4.90 Å². The zero-order valence-corrected chi connectivity index (χ0v) is 16.5. The fourth-order valence-corrected chi connectivity index (χ4v) is 3.87. The zero-order chi connectivity index (χ0) is 18.6. The molecule has 1 aliphatic heterocycles. The summed E-state index contributed by atoms with van der Waals surface area (Å²) in [6, 6.07) is 8.41. The van der Waals surface area contributed by atoms with E-state index in [2.05, 4.69) is 44.7 Å². The Kier molecular flexibility index (Phi) is 6.50. The van der Waals surface area contributed by atoms with E-state index in [1.165, 1.54) is 5.56 Å². The van der Waals surface area contributed by atoms with Crippen LogP contribution in [0, 0.1) is 5.92 Å². The molecule has 0 N–H and O–H groups in total. The molecule has 1 aromatic carbocycles. The highest BCUT2D eigenvalue weighted by molar-refractivity contribution is 5.77. The Morgan fingerprint density at radius 1 is 1.32 bits per heavy atom. The third-order valence-corrected chi connectivity index (χ3v) is 5.04. The molecule has 0 bridgehead atoms. The van der Waals surface area contributed by atoms with E-state index < -0.39 is 0 Å². The van der Waals surface area contributed by atoms with Crippen molar-refractivity contribution in [1.29, 1.82) is 0 Å². The van der Waals surface area contributed by atoms with Crippen LogP contribution >= 0.6 is 0 Å². The van der Waals surface area contributed by atoms with Crippen LogP contribution in [0.4, 0.5) is 0 Å². The molecule has 1 saturated heterocycles. The second kappa shape index (κ2) is 8.22. The molecular weight excluding hydrogens is 314 g/mol. The number of nitrogens with zero attached hydrogens (tertiary/aromatic N) is 1. The standard InChI is InChI=1S/C21H33NO3/c1-7-19(23)22(17-12-13-25-21(4,5)14-17)20(15(2)3)16-8-10-18(24-6)11-9-16/h8-11,15,17,20H,7,12-14H2,1-6H3/t17-,20-/m0/s1. The summed E-state index contributed by atoms with van der Waals surface area (Å²) in [4.78, 5) is 15.1. The Morgan fingerprint density at radius 2 is 1.96 bits per heavy atom. The van der Waals surface area contributed by atoms with Gasteiger partial charge >= 0.3 is 0 Å². The van der Waals surface area contributed by atoms with Gasteiger partial charge in [-0.05, 0) is 50.3 Å². The molecule has 2 atom stereocenters. The van der Waals surface area contributed by atoms with Crippen molar-refractivity contribution in [3.8, 4) is 5.75 Å². The highest BCUT2D eigenvalue weighted by atomic mass is 16.5. The summed E-state index contributed by atoms with van der Waals surface area (Å²) >= 11 is 0. The van der Waals surface area contributed by atoms with E-state index in [0.717, 1.165) is 18.6 Å². The molecule has 0 radical (unpaired) electrons. The lowest BCUT2D eigenvalue weighted by Gasteiger charge is -2.46. The van der Waals surface area contributed by atoms with Gasteiger partial charge in [-0.1, -0.05) is 32.9 Å². The number of rotatable bonds is 6. The van der Waals surface area contributed by atoms with Gasteiger partial charge in [0.1, 0.15) is 5.75 Å². The first-order valence-electron chi connectivity index (χ1n) is 9.38. The van der Waals surface area contributed by atoms with Gasteiger partial charge < -0.3 is 14.4 Å². The number of amides is 1. The van der Waals surface area contributed by atoms with Crippen molar-refractivity contribution >= 4 is 5.91 Å². The molecule has 0 unspecified atom stereocenters.